The Morgan fingerprint density at radius 2 is 0.769 bits per heavy atom. The Bertz CT molecular complexity index is 4360. The predicted octanol–water partition coefficient (Wildman–Crippen LogP) is 15.0. The molecule has 0 unspecified atom stereocenters. The minimum atomic E-state index is -0.117. The summed E-state index contributed by atoms with van der Waals surface area (Å²) in [6.45, 7) is 0. The molecule has 13 aromatic rings. The largest absolute Gasteiger partial charge is 0.310 e. The van der Waals surface area contributed by atoms with E-state index in [1.807, 2.05) is 78.9 Å². The minimum Gasteiger partial charge on any atom is -0.310 e. The highest BCUT2D eigenvalue weighted by atomic mass is 32.1. The number of pyridine rings is 4. The summed E-state index contributed by atoms with van der Waals surface area (Å²) >= 11 is 12.5. The maximum absolute atomic E-state index is 14.8. The van der Waals surface area contributed by atoms with E-state index in [0.29, 0.717) is 27.1 Å². The maximum atomic E-state index is 14.8. The van der Waals surface area contributed by atoms with E-state index in [0.717, 1.165) is 97.5 Å². The molecular formula is C58H33N3O2S2. The van der Waals surface area contributed by atoms with E-state index in [2.05, 4.69) is 135 Å². The van der Waals surface area contributed by atoms with E-state index < -0.39 is 0 Å². The standard InChI is InChI=1S/C58H33N3O2S2/c62-55-40-17-7-9-23-49(40)60-51-29-26-35(31-47(51)56(63)43-20-11-19-42(55)53(43)60)46-33-38(59(36-13-3-1-4-14-36)37-15-5-2-6-16-37)27-28-39(46)34-25-30-52-48(32-34)58(65)45-22-12-21-44-54(45)61(52)50-24-10-8-18-41(50)57(44)64/h1-33H. The predicted molar refractivity (Wildman–Crippen MR) is 276 cm³/mol. The topological polar surface area (TPSA) is 46.2 Å². The van der Waals surface area contributed by atoms with Crippen molar-refractivity contribution < 1.29 is 0 Å². The zero-order valence-corrected chi connectivity index (χ0v) is 36.2. The van der Waals surface area contributed by atoms with Crippen molar-refractivity contribution in [2.24, 2.45) is 0 Å². The van der Waals surface area contributed by atoms with Gasteiger partial charge in [0.2, 0.25) is 0 Å². The highest BCUT2D eigenvalue weighted by Gasteiger charge is 2.21. The van der Waals surface area contributed by atoms with Crippen LogP contribution in [0.4, 0.5) is 17.1 Å². The van der Waals surface area contributed by atoms with Gasteiger partial charge in [0.25, 0.3) is 0 Å². The van der Waals surface area contributed by atoms with Crippen molar-refractivity contribution in [1.82, 2.24) is 8.80 Å². The van der Waals surface area contributed by atoms with Gasteiger partial charge in [0.1, 0.15) is 0 Å². The first-order chi connectivity index (χ1) is 31.9. The normalized spacial score (nSPS) is 11.9. The van der Waals surface area contributed by atoms with Gasteiger partial charge in [-0.3, -0.25) is 9.59 Å². The average Bonchev–Trinajstić information content (AvgIpc) is 3.36. The van der Waals surface area contributed by atoms with E-state index >= 15 is 0 Å². The molecule has 0 aliphatic carbocycles. The molecule has 0 saturated carbocycles. The van der Waals surface area contributed by atoms with Crippen molar-refractivity contribution in [2.75, 3.05) is 4.90 Å². The zero-order valence-electron chi connectivity index (χ0n) is 34.5. The number of anilines is 3. The van der Waals surface area contributed by atoms with Crippen LogP contribution in [0.15, 0.2) is 210 Å². The molecule has 0 radical (unpaired) electrons. The first kappa shape index (κ1) is 37.5. The molecule has 5 nitrogen and oxygen atoms in total. The third-order valence-electron chi connectivity index (χ3n) is 13.2. The van der Waals surface area contributed by atoms with Crippen molar-refractivity contribution in [2.45, 2.75) is 0 Å². The molecule has 0 fully saturated rings. The van der Waals surface area contributed by atoms with Gasteiger partial charge in [0.15, 0.2) is 10.9 Å². The highest BCUT2D eigenvalue weighted by Crippen LogP contribution is 2.43. The number of rotatable bonds is 5. The van der Waals surface area contributed by atoms with Gasteiger partial charge in [-0.2, -0.15) is 0 Å². The molecule has 0 bridgehead atoms. The van der Waals surface area contributed by atoms with E-state index in [1.165, 1.54) is 0 Å². The van der Waals surface area contributed by atoms with Crippen molar-refractivity contribution in [3.63, 3.8) is 0 Å². The molecular weight excluding hydrogens is 835 g/mol. The van der Waals surface area contributed by atoms with Gasteiger partial charge in [-0.05, 0) is 113 Å². The van der Waals surface area contributed by atoms with Crippen molar-refractivity contribution in [3.05, 3.63) is 230 Å². The minimum absolute atomic E-state index is 0.0779. The molecule has 7 heteroatoms. The van der Waals surface area contributed by atoms with Crippen LogP contribution in [0, 0.1) is 9.02 Å². The molecule has 65 heavy (non-hydrogen) atoms. The number of nitrogens with zero attached hydrogens (tertiary/aromatic N) is 3. The summed E-state index contributed by atoms with van der Waals surface area (Å²) in [7, 11) is 0. The summed E-state index contributed by atoms with van der Waals surface area (Å²) in [6, 6.07) is 67.7. The fourth-order valence-electron chi connectivity index (χ4n) is 10.3. The van der Waals surface area contributed by atoms with Gasteiger partial charge in [0, 0.05) is 60.2 Å². The molecule has 0 aliphatic rings. The summed E-state index contributed by atoms with van der Waals surface area (Å²) in [6.07, 6.45) is 0. The summed E-state index contributed by atoms with van der Waals surface area (Å²) in [4.78, 5) is 30.8. The Hall–Kier alpha value is -8.10. The Labute approximate surface area is 381 Å². The molecule has 0 saturated heterocycles. The van der Waals surface area contributed by atoms with Crippen LogP contribution >= 0.6 is 24.4 Å². The lowest BCUT2D eigenvalue weighted by atomic mass is 9.91. The van der Waals surface area contributed by atoms with Crippen LogP contribution in [0.25, 0.3) is 98.4 Å². The lowest BCUT2D eigenvalue weighted by Gasteiger charge is -2.27. The molecule has 13 rings (SSSR count). The number of hydrogen-bond acceptors (Lipinski definition) is 5. The van der Waals surface area contributed by atoms with Crippen LogP contribution in [0.5, 0.6) is 0 Å². The fraction of sp³-hybridized carbons (Fsp3) is 0. The smallest absolute Gasteiger partial charge is 0.197 e. The molecule has 9 aromatic carbocycles. The highest BCUT2D eigenvalue weighted by molar-refractivity contribution is 7.72. The second-order valence-corrected chi connectivity index (χ2v) is 17.4. The monoisotopic (exact) mass is 867 g/mol. The average molecular weight is 868 g/mol. The third kappa shape index (κ3) is 5.43. The summed E-state index contributed by atoms with van der Waals surface area (Å²) < 4.78 is 6.00. The second-order valence-electron chi connectivity index (χ2n) is 16.6. The zero-order chi connectivity index (χ0) is 43.5. The molecule has 0 atom stereocenters. The van der Waals surface area contributed by atoms with Crippen LogP contribution in [0.3, 0.4) is 0 Å². The number of hydrogen-bond donors (Lipinski definition) is 0. The molecule has 0 spiro atoms. The van der Waals surface area contributed by atoms with Crippen molar-refractivity contribution in [1.29, 1.82) is 0 Å². The first-order valence-corrected chi connectivity index (χ1v) is 22.3. The van der Waals surface area contributed by atoms with Crippen molar-refractivity contribution >= 4 is 118 Å². The van der Waals surface area contributed by atoms with Crippen LogP contribution in [-0.4, -0.2) is 8.80 Å². The number of benzene rings is 9. The maximum Gasteiger partial charge on any atom is 0.197 e. The SMILES string of the molecule is O=c1c2ccccc2n2c3ccc(-c4cc(N(c5ccccc5)c5ccccc5)ccc4-c4ccc5c(c4)c(=S)c4cccc6c(=S)c7ccccc7n5c64)cc3c(=O)c3cccc1c32. The molecule has 4 aromatic heterocycles. The van der Waals surface area contributed by atoms with E-state index in [9.17, 15) is 9.59 Å². The lowest BCUT2D eigenvalue weighted by molar-refractivity contribution is 1.28. The molecule has 0 aliphatic heterocycles. The Balaban J connectivity index is 1.11. The van der Waals surface area contributed by atoms with Crippen LogP contribution in [0.2, 0.25) is 0 Å². The quantitative estimate of drug-likeness (QED) is 0.0980. The van der Waals surface area contributed by atoms with E-state index in [4.69, 9.17) is 24.4 Å². The summed E-state index contributed by atoms with van der Waals surface area (Å²) in [5, 5.41) is 6.18. The van der Waals surface area contributed by atoms with Gasteiger partial charge >= 0.3 is 0 Å². The molecule has 4 heterocycles. The Morgan fingerprint density at radius 3 is 1.42 bits per heavy atom. The fourth-order valence-corrected chi connectivity index (χ4v) is 10.9. The van der Waals surface area contributed by atoms with Gasteiger partial charge < -0.3 is 13.7 Å². The summed E-state index contributed by atoms with van der Waals surface area (Å²) in [5.74, 6) is 0. The molecule has 0 N–H and O–H groups in total. The van der Waals surface area contributed by atoms with Crippen LogP contribution < -0.4 is 15.8 Å². The Kier molecular flexibility index (Phi) is 8.19. The summed E-state index contributed by atoms with van der Waals surface area (Å²) in [5.41, 5.74) is 11.8. The molecule has 0 amide bonds. The van der Waals surface area contributed by atoms with Gasteiger partial charge in [-0.25, -0.2) is 0 Å². The second kappa shape index (κ2) is 14.2. The van der Waals surface area contributed by atoms with Crippen LogP contribution in [0.1, 0.15) is 0 Å². The van der Waals surface area contributed by atoms with E-state index in [-0.39, 0.29) is 10.9 Å². The van der Waals surface area contributed by atoms with Crippen molar-refractivity contribution in [3.8, 4) is 22.3 Å². The first-order valence-electron chi connectivity index (χ1n) is 21.5. The third-order valence-corrected chi connectivity index (χ3v) is 14.0. The number of para-hydroxylation sites is 6. The van der Waals surface area contributed by atoms with Gasteiger partial charge in [-0.15, -0.1) is 0 Å². The van der Waals surface area contributed by atoms with E-state index in [1.54, 1.807) is 0 Å². The Morgan fingerprint density at radius 1 is 0.323 bits per heavy atom. The van der Waals surface area contributed by atoms with Gasteiger partial charge in [-0.1, -0.05) is 134 Å². The lowest BCUT2D eigenvalue weighted by Crippen LogP contribution is -2.14. The number of aromatic nitrogens is 2. The van der Waals surface area contributed by atoms with Gasteiger partial charge in [0.05, 0.1) is 42.1 Å². The molecule has 304 valence electrons. The number of fused-ring (bicyclic) bond motifs is 8. The van der Waals surface area contributed by atoms with Crippen LogP contribution in [-0.2, 0) is 0 Å².